The molecule has 2 rings (SSSR count). The first-order valence-electron chi connectivity index (χ1n) is 5.48. The molecule has 1 aromatic rings. The average Bonchev–Trinajstić information content (AvgIpc) is 2.54. The molecular weight excluding hydrogens is 207 g/mol. The van der Waals surface area contributed by atoms with Crippen molar-refractivity contribution in [3.63, 3.8) is 0 Å². The van der Waals surface area contributed by atoms with Gasteiger partial charge in [-0.3, -0.25) is 10.1 Å². The smallest absolute Gasteiger partial charge is 0.246 e. The number of fused-ring (bicyclic) bond motifs is 1. The maximum absolute atomic E-state index is 13.0. The van der Waals surface area contributed by atoms with Gasteiger partial charge in [0.05, 0.1) is 0 Å². The number of amides is 1. The molecule has 0 aromatic heterocycles. The highest BCUT2D eigenvalue weighted by atomic mass is 19.1. The SMILES string of the molecule is CCC(C)NC1C(=O)Nc2cc(F)ccc21. The monoisotopic (exact) mass is 222 g/mol. The van der Waals surface area contributed by atoms with E-state index in [1.54, 1.807) is 6.07 Å². The van der Waals surface area contributed by atoms with Crippen LogP contribution in [0.2, 0.25) is 0 Å². The molecule has 0 saturated heterocycles. The Morgan fingerprint density at radius 3 is 3.00 bits per heavy atom. The van der Waals surface area contributed by atoms with Crippen LogP contribution in [0.25, 0.3) is 0 Å². The van der Waals surface area contributed by atoms with Crippen LogP contribution in [0.5, 0.6) is 0 Å². The van der Waals surface area contributed by atoms with Gasteiger partial charge in [-0.15, -0.1) is 0 Å². The van der Waals surface area contributed by atoms with Crippen LogP contribution < -0.4 is 10.6 Å². The number of carbonyl (C=O) groups is 1. The summed E-state index contributed by atoms with van der Waals surface area (Å²) in [5.74, 6) is -0.441. The summed E-state index contributed by atoms with van der Waals surface area (Å²) in [7, 11) is 0. The minimum atomic E-state index is -0.356. The molecule has 2 unspecified atom stereocenters. The van der Waals surface area contributed by atoms with Gasteiger partial charge in [-0.25, -0.2) is 4.39 Å². The second-order valence-corrected chi connectivity index (χ2v) is 4.13. The summed E-state index contributed by atoms with van der Waals surface area (Å²) in [4.78, 5) is 11.7. The Morgan fingerprint density at radius 2 is 2.31 bits per heavy atom. The van der Waals surface area contributed by atoms with Crippen LogP contribution in [0.15, 0.2) is 18.2 Å². The van der Waals surface area contributed by atoms with Crippen LogP contribution in [0, 0.1) is 5.82 Å². The fraction of sp³-hybridized carbons (Fsp3) is 0.417. The molecule has 2 N–H and O–H groups in total. The van der Waals surface area contributed by atoms with Crippen LogP contribution in [-0.4, -0.2) is 11.9 Å². The van der Waals surface area contributed by atoms with Crippen molar-refractivity contribution in [3.8, 4) is 0 Å². The predicted octanol–water partition coefficient (Wildman–Crippen LogP) is 2.21. The lowest BCUT2D eigenvalue weighted by Gasteiger charge is -2.16. The van der Waals surface area contributed by atoms with Gasteiger partial charge in [0.25, 0.3) is 0 Å². The zero-order valence-corrected chi connectivity index (χ0v) is 9.38. The summed E-state index contributed by atoms with van der Waals surface area (Å²) in [5.41, 5.74) is 1.40. The van der Waals surface area contributed by atoms with Crippen molar-refractivity contribution in [2.75, 3.05) is 5.32 Å². The lowest BCUT2D eigenvalue weighted by atomic mass is 10.1. The fourth-order valence-electron chi connectivity index (χ4n) is 1.80. The van der Waals surface area contributed by atoms with Crippen molar-refractivity contribution >= 4 is 11.6 Å². The van der Waals surface area contributed by atoms with E-state index in [4.69, 9.17) is 0 Å². The second-order valence-electron chi connectivity index (χ2n) is 4.13. The molecule has 16 heavy (non-hydrogen) atoms. The van der Waals surface area contributed by atoms with Gasteiger partial charge in [0, 0.05) is 17.3 Å². The number of benzene rings is 1. The topological polar surface area (TPSA) is 41.1 Å². The van der Waals surface area contributed by atoms with Gasteiger partial charge in [0.15, 0.2) is 0 Å². The molecule has 1 amide bonds. The molecular formula is C12H15FN2O. The number of nitrogens with one attached hydrogen (secondary N) is 2. The molecule has 0 radical (unpaired) electrons. The molecule has 0 saturated carbocycles. The first kappa shape index (κ1) is 11.1. The Balaban J connectivity index is 2.26. The fourth-order valence-corrected chi connectivity index (χ4v) is 1.80. The largest absolute Gasteiger partial charge is 0.324 e. The van der Waals surface area contributed by atoms with Gasteiger partial charge in [-0.05, 0) is 25.5 Å². The lowest BCUT2D eigenvalue weighted by molar-refractivity contribution is -0.117. The van der Waals surface area contributed by atoms with Crippen molar-refractivity contribution < 1.29 is 9.18 Å². The van der Waals surface area contributed by atoms with Crippen molar-refractivity contribution in [2.24, 2.45) is 0 Å². The van der Waals surface area contributed by atoms with Crippen molar-refractivity contribution in [2.45, 2.75) is 32.4 Å². The minimum Gasteiger partial charge on any atom is -0.324 e. The quantitative estimate of drug-likeness (QED) is 0.823. The van der Waals surface area contributed by atoms with E-state index in [9.17, 15) is 9.18 Å². The highest BCUT2D eigenvalue weighted by Gasteiger charge is 2.31. The van der Waals surface area contributed by atoms with E-state index in [-0.39, 0.29) is 23.8 Å². The summed E-state index contributed by atoms with van der Waals surface area (Å²) >= 11 is 0. The standard InChI is InChI=1S/C12H15FN2O/c1-3-7(2)14-11-9-5-4-8(13)6-10(9)15-12(11)16/h4-7,11,14H,3H2,1-2H3,(H,15,16). The second kappa shape index (κ2) is 4.22. The van der Waals surface area contributed by atoms with E-state index in [1.165, 1.54) is 12.1 Å². The maximum Gasteiger partial charge on any atom is 0.246 e. The third-order valence-electron chi connectivity index (χ3n) is 2.91. The van der Waals surface area contributed by atoms with Crippen LogP contribution >= 0.6 is 0 Å². The van der Waals surface area contributed by atoms with E-state index in [1.807, 2.05) is 6.92 Å². The molecule has 0 bridgehead atoms. The number of halogens is 1. The average molecular weight is 222 g/mol. The Hall–Kier alpha value is -1.42. The third-order valence-corrected chi connectivity index (χ3v) is 2.91. The summed E-state index contributed by atoms with van der Waals surface area (Å²) in [6.07, 6.45) is 0.945. The highest BCUT2D eigenvalue weighted by Crippen LogP contribution is 2.31. The van der Waals surface area contributed by atoms with E-state index in [0.29, 0.717) is 5.69 Å². The summed E-state index contributed by atoms with van der Waals surface area (Å²) < 4.78 is 13.0. The minimum absolute atomic E-state index is 0.110. The van der Waals surface area contributed by atoms with Gasteiger partial charge in [-0.1, -0.05) is 13.0 Å². The third kappa shape index (κ3) is 1.93. The maximum atomic E-state index is 13.0. The molecule has 3 nitrogen and oxygen atoms in total. The summed E-state index contributed by atoms with van der Waals surface area (Å²) in [5, 5.41) is 5.90. The zero-order valence-electron chi connectivity index (χ0n) is 9.38. The molecule has 0 aliphatic carbocycles. The van der Waals surface area contributed by atoms with E-state index >= 15 is 0 Å². The number of hydrogen-bond acceptors (Lipinski definition) is 2. The number of anilines is 1. The molecule has 1 aromatic carbocycles. The van der Waals surface area contributed by atoms with Crippen LogP contribution in [0.4, 0.5) is 10.1 Å². The van der Waals surface area contributed by atoms with Gasteiger partial charge in [0.2, 0.25) is 5.91 Å². The molecule has 2 atom stereocenters. The number of hydrogen-bond donors (Lipinski definition) is 2. The molecule has 1 aliphatic rings. The lowest BCUT2D eigenvalue weighted by Crippen LogP contribution is -2.34. The first-order valence-corrected chi connectivity index (χ1v) is 5.48. The van der Waals surface area contributed by atoms with Crippen LogP contribution in [0.3, 0.4) is 0 Å². The van der Waals surface area contributed by atoms with Crippen molar-refractivity contribution in [1.82, 2.24) is 5.32 Å². The van der Waals surface area contributed by atoms with Crippen LogP contribution in [0.1, 0.15) is 31.9 Å². The van der Waals surface area contributed by atoms with Crippen molar-refractivity contribution in [3.05, 3.63) is 29.6 Å². The Labute approximate surface area is 94.0 Å². The van der Waals surface area contributed by atoms with E-state index in [2.05, 4.69) is 17.6 Å². The molecule has 4 heteroatoms. The summed E-state index contributed by atoms with van der Waals surface area (Å²) in [6, 6.07) is 4.29. The predicted molar refractivity (Wildman–Crippen MR) is 60.7 cm³/mol. The summed E-state index contributed by atoms with van der Waals surface area (Å²) in [6.45, 7) is 4.07. The van der Waals surface area contributed by atoms with Crippen molar-refractivity contribution in [1.29, 1.82) is 0 Å². The normalized spacial score (nSPS) is 20.4. The Bertz CT molecular complexity index is 419. The molecule has 1 aliphatic heterocycles. The zero-order chi connectivity index (χ0) is 11.7. The Morgan fingerprint density at radius 1 is 1.56 bits per heavy atom. The van der Waals surface area contributed by atoms with E-state index in [0.717, 1.165) is 12.0 Å². The molecule has 0 fully saturated rings. The number of rotatable bonds is 3. The number of carbonyl (C=O) groups excluding carboxylic acids is 1. The van der Waals surface area contributed by atoms with Crippen LogP contribution in [-0.2, 0) is 4.79 Å². The molecule has 1 heterocycles. The van der Waals surface area contributed by atoms with Gasteiger partial charge in [-0.2, -0.15) is 0 Å². The van der Waals surface area contributed by atoms with E-state index < -0.39 is 0 Å². The Kier molecular flexibility index (Phi) is 2.92. The highest BCUT2D eigenvalue weighted by molar-refractivity contribution is 6.02. The first-order chi connectivity index (χ1) is 7.61. The molecule has 0 spiro atoms. The molecule has 86 valence electrons. The van der Waals surface area contributed by atoms with Gasteiger partial charge >= 0.3 is 0 Å². The van der Waals surface area contributed by atoms with Gasteiger partial charge in [0.1, 0.15) is 11.9 Å². The van der Waals surface area contributed by atoms with Gasteiger partial charge < -0.3 is 5.32 Å².